The minimum absolute atomic E-state index is 0.00878. The average molecular weight is 251 g/mol. The Balaban J connectivity index is 2.03. The predicted molar refractivity (Wildman–Crippen MR) is 66.5 cm³/mol. The summed E-state index contributed by atoms with van der Waals surface area (Å²) in [5.74, 6) is 0.487. The van der Waals surface area contributed by atoms with E-state index < -0.39 is 4.92 Å². The minimum atomic E-state index is -0.455. The Kier molecular flexibility index (Phi) is 3.76. The molecule has 0 spiro atoms. The van der Waals surface area contributed by atoms with Gasteiger partial charge in [-0.05, 0) is 32.6 Å². The van der Waals surface area contributed by atoms with Gasteiger partial charge in [-0.25, -0.2) is 4.98 Å². The number of nitrogens with zero attached hydrogens (tertiary/aromatic N) is 2. The van der Waals surface area contributed by atoms with Crippen LogP contribution in [0.2, 0.25) is 0 Å². The van der Waals surface area contributed by atoms with Gasteiger partial charge in [0.1, 0.15) is 12.3 Å². The molecule has 6 heteroatoms. The van der Waals surface area contributed by atoms with E-state index in [1.54, 1.807) is 6.92 Å². The number of hydrogen-bond donors (Lipinski definition) is 1. The third-order valence-electron chi connectivity index (χ3n) is 3.22. The first kappa shape index (κ1) is 12.8. The molecule has 2 rings (SSSR count). The van der Waals surface area contributed by atoms with Crippen LogP contribution in [0, 0.1) is 17.0 Å². The fourth-order valence-corrected chi connectivity index (χ4v) is 2.13. The molecular weight excluding hydrogens is 234 g/mol. The van der Waals surface area contributed by atoms with Gasteiger partial charge in [-0.15, -0.1) is 0 Å². The summed E-state index contributed by atoms with van der Waals surface area (Å²) >= 11 is 0. The van der Waals surface area contributed by atoms with E-state index in [9.17, 15) is 10.1 Å². The summed E-state index contributed by atoms with van der Waals surface area (Å²) in [6.07, 6.45) is 5.10. The van der Waals surface area contributed by atoms with Crippen LogP contribution in [0.25, 0.3) is 0 Å². The van der Waals surface area contributed by atoms with Crippen LogP contribution in [0.5, 0.6) is 5.88 Å². The van der Waals surface area contributed by atoms with Crippen molar-refractivity contribution in [3.8, 4) is 5.88 Å². The van der Waals surface area contributed by atoms with Crippen molar-refractivity contribution in [3.05, 3.63) is 27.9 Å². The van der Waals surface area contributed by atoms with Gasteiger partial charge in [0.25, 0.3) is 5.69 Å². The fraction of sp³-hybridized carbons (Fsp3) is 0.583. The maximum Gasteiger partial charge on any atom is 0.288 e. The van der Waals surface area contributed by atoms with E-state index in [-0.39, 0.29) is 17.8 Å². The molecule has 0 aliphatic heterocycles. The molecule has 98 valence electrons. The van der Waals surface area contributed by atoms with E-state index in [4.69, 9.17) is 10.5 Å². The van der Waals surface area contributed by atoms with Gasteiger partial charge in [0, 0.05) is 17.7 Å². The normalized spacial score (nSPS) is 23.7. The van der Waals surface area contributed by atoms with Crippen molar-refractivity contribution in [2.24, 2.45) is 5.73 Å². The Hall–Kier alpha value is -1.69. The molecule has 1 fully saturated rings. The third kappa shape index (κ3) is 2.95. The van der Waals surface area contributed by atoms with Gasteiger partial charge in [0.2, 0.25) is 5.88 Å². The number of nitro groups is 1. The van der Waals surface area contributed by atoms with E-state index in [1.807, 2.05) is 0 Å². The van der Waals surface area contributed by atoms with E-state index in [1.165, 1.54) is 12.3 Å². The number of aromatic nitrogens is 1. The second-order valence-corrected chi connectivity index (χ2v) is 4.73. The summed E-state index contributed by atoms with van der Waals surface area (Å²) in [4.78, 5) is 14.2. The Morgan fingerprint density at radius 3 is 2.67 bits per heavy atom. The Morgan fingerprint density at radius 2 is 2.11 bits per heavy atom. The summed E-state index contributed by atoms with van der Waals surface area (Å²) in [6, 6.07) is 1.76. The Labute approximate surface area is 105 Å². The van der Waals surface area contributed by atoms with Crippen molar-refractivity contribution in [1.29, 1.82) is 0 Å². The summed E-state index contributed by atoms with van der Waals surface area (Å²) in [5, 5.41) is 10.6. The molecule has 0 amide bonds. The molecule has 1 heterocycles. The molecule has 0 unspecified atom stereocenters. The highest BCUT2D eigenvalue weighted by Gasteiger charge is 2.21. The molecule has 1 aliphatic carbocycles. The van der Waals surface area contributed by atoms with E-state index in [0.717, 1.165) is 25.7 Å². The molecule has 2 N–H and O–H groups in total. The molecule has 0 radical (unpaired) electrons. The second-order valence-electron chi connectivity index (χ2n) is 4.73. The van der Waals surface area contributed by atoms with Gasteiger partial charge < -0.3 is 10.5 Å². The van der Waals surface area contributed by atoms with Gasteiger partial charge >= 0.3 is 0 Å². The largest absolute Gasteiger partial charge is 0.474 e. The lowest BCUT2D eigenvalue weighted by molar-refractivity contribution is -0.385. The number of rotatable bonds is 3. The molecule has 0 bridgehead atoms. The topological polar surface area (TPSA) is 91.3 Å². The minimum Gasteiger partial charge on any atom is -0.474 e. The lowest BCUT2D eigenvalue weighted by atomic mass is 9.94. The van der Waals surface area contributed by atoms with Crippen molar-refractivity contribution in [2.45, 2.75) is 44.8 Å². The number of nitrogens with two attached hydrogens (primary N) is 1. The molecular formula is C12H17N3O3. The zero-order valence-electron chi connectivity index (χ0n) is 10.3. The average Bonchev–Trinajstić information content (AvgIpc) is 2.34. The highest BCUT2D eigenvalue weighted by Crippen LogP contribution is 2.25. The van der Waals surface area contributed by atoms with Gasteiger partial charge in [0.05, 0.1) is 4.92 Å². The number of pyridine rings is 1. The van der Waals surface area contributed by atoms with Crippen molar-refractivity contribution in [2.75, 3.05) is 0 Å². The quantitative estimate of drug-likeness (QED) is 0.654. The number of ether oxygens (including phenoxy) is 1. The molecule has 1 aliphatic rings. The van der Waals surface area contributed by atoms with Crippen LogP contribution in [0.1, 0.15) is 31.2 Å². The fourth-order valence-electron chi connectivity index (χ4n) is 2.13. The van der Waals surface area contributed by atoms with Crippen LogP contribution in [0.3, 0.4) is 0 Å². The van der Waals surface area contributed by atoms with Crippen molar-refractivity contribution in [3.63, 3.8) is 0 Å². The SMILES string of the molecule is Cc1cc([N+](=O)[O-])cnc1OC1CCC(N)CC1. The third-order valence-corrected chi connectivity index (χ3v) is 3.22. The Morgan fingerprint density at radius 1 is 1.44 bits per heavy atom. The number of aryl methyl sites for hydroxylation is 1. The number of hydrogen-bond acceptors (Lipinski definition) is 5. The lowest BCUT2D eigenvalue weighted by Crippen LogP contribution is -2.32. The molecule has 0 aromatic carbocycles. The standard InChI is InChI=1S/C12H17N3O3/c1-8-6-10(15(16)17)7-14-12(8)18-11-4-2-9(13)3-5-11/h6-7,9,11H,2-5,13H2,1H3. The molecule has 18 heavy (non-hydrogen) atoms. The summed E-state index contributed by atoms with van der Waals surface area (Å²) in [6.45, 7) is 1.77. The van der Waals surface area contributed by atoms with Gasteiger partial charge in [-0.1, -0.05) is 0 Å². The molecule has 0 atom stereocenters. The lowest BCUT2D eigenvalue weighted by Gasteiger charge is -2.26. The van der Waals surface area contributed by atoms with Crippen molar-refractivity contribution >= 4 is 5.69 Å². The molecule has 0 saturated heterocycles. The van der Waals surface area contributed by atoms with Gasteiger partial charge in [-0.3, -0.25) is 10.1 Å². The zero-order valence-corrected chi connectivity index (χ0v) is 10.3. The smallest absolute Gasteiger partial charge is 0.288 e. The molecule has 6 nitrogen and oxygen atoms in total. The summed E-state index contributed by atoms with van der Waals surface area (Å²) in [5.41, 5.74) is 6.51. The monoisotopic (exact) mass is 251 g/mol. The van der Waals surface area contributed by atoms with E-state index in [0.29, 0.717) is 11.4 Å². The first-order valence-electron chi connectivity index (χ1n) is 6.09. The van der Waals surface area contributed by atoms with E-state index >= 15 is 0 Å². The van der Waals surface area contributed by atoms with Crippen LogP contribution < -0.4 is 10.5 Å². The zero-order chi connectivity index (χ0) is 13.1. The van der Waals surface area contributed by atoms with Crippen LogP contribution in [0.15, 0.2) is 12.3 Å². The van der Waals surface area contributed by atoms with Crippen LogP contribution in [-0.2, 0) is 0 Å². The highest BCUT2D eigenvalue weighted by atomic mass is 16.6. The van der Waals surface area contributed by atoms with Gasteiger partial charge in [0.15, 0.2) is 0 Å². The maximum absolute atomic E-state index is 10.6. The van der Waals surface area contributed by atoms with Crippen molar-refractivity contribution < 1.29 is 9.66 Å². The molecule has 1 aromatic rings. The van der Waals surface area contributed by atoms with Crippen LogP contribution >= 0.6 is 0 Å². The first-order valence-corrected chi connectivity index (χ1v) is 6.09. The van der Waals surface area contributed by atoms with Crippen LogP contribution in [-0.4, -0.2) is 22.1 Å². The highest BCUT2D eigenvalue weighted by molar-refractivity contribution is 5.36. The first-order chi connectivity index (χ1) is 8.56. The predicted octanol–water partition coefficient (Wildman–Crippen LogP) is 1.95. The second kappa shape index (κ2) is 5.30. The summed E-state index contributed by atoms with van der Waals surface area (Å²) < 4.78 is 5.78. The maximum atomic E-state index is 10.6. The van der Waals surface area contributed by atoms with E-state index in [2.05, 4.69) is 4.98 Å². The van der Waals surface area contributed by atoms with Gasteiger partial charge in [-0.2, -0.15) is 0 Å². The van der Waals surface area contributed by atoms with Crippen LogP contribution in [0.4, 0.5) is 5.69 Å². The Bertz CT molecular complexity index is 442. The van der Waals surface area contributed by atoms with Crippen molar-refractivity contribution in [1.82, 2.24) is 4.98 Å². The molecule has 1 saturated carbocycles. The molecule has 1 aromatic heterocycles. The summed E-state index contributed by atoms with van der Waals surface area (Å²) in [7, 11) is 0.